The van der Waals surface area contributed by atoms with Gasteiger partial charge >= 0.3 is 0 Å². The van der Waals surface area contributed by atoms with E-state index in [-0.39, 0.29) is 29.6 Å². The summed E-state index contributed by atoms with van der Waals surface area (Å²) < 4.78 is 61.5. The molecular formula is C30H32Cl2FN3O6S2. The van der Waals surface area contributed by atoms with E-state index in [1.165, 1.54) is 32.9 Å². The summed E-state index contributed by atoms with van der Waals surface area (Å²) in [6.07, 6.45) is 2.85. The molecule has 1 heterocycles. The van der Waals surface area contributed by atoms with Crippen molar-refractivity contribution in [1.29, 1.82) is 0 Å². The zero-order valence-electron chi connectivity index (χ0n) is 24.3. The monoisotopic (exact) mass is 683 g/mol. The molecule has 3 aromatic carbocycles. The van der Waals surface area contributed by atoms with Crippen LogP contribution in [-0.2, 0) is 27.8 Å². The molecule has 0 fully saturated rings. The normalized spacial score (nSPS) is 14.7. The highest BCUT2D eigenvalue weighted by atomic mass is 35.5. The van der Waals surface area contributed by atoms with Gasteiger partial charge in [0.15, 0.2) is 5.50 Å². The number of halogens is 3. The standard InChI is InChI=1S/C30H32Cl2FN3O6S2/c1-19(37)17-34-10-4-5-20-13-22(31)7-9-26(20)42-28-16-25(33)29(15-24(28)32)44(38,39)36(30-35-11-12-43-30)18-21-6-8-23(40-2)14-27(21)41-3/h6-9,11,13-16,30,34H,4-5,10,12,17-18H2,1-3H3. The first-order valence-corrected chi connectivity index (χ1v) is 16.8. The summed E-state index contributed by atoms with van der Waals surface area (Å²) in [5.74, 6) is 0.787. The van der Waals surface area contributed by atoms with Crippen LogP contribution in [0.4, 0.5) is 4.39 Å². The van der Waals surface area contributed by atoms with Gasteiger partial charge in [-0.1, -0.05) is 29.3 Å². The number of hydrogen-bond donors (Lipinski definition) is 1. The Morgan fingerprint density at radius 3 is 2.55 bits per heavy atom. The quantitative estimate of drug-likeness (QED) is 0.185. The van der Waals surface area contributed by atoms with E-state index in [1.54, 1.807) is 42.6 Å². The molecule has 0 aliphatic carbocycles. The van der Waals surface area contributed by atoms with E-state index < -0.39 is 26.2 Å². The van der Waals surface area contributed by atoms with Crippen molar-refractivity contribution in [3.8, 4) is 23.0 Å². The number of nitrogens with zero attached hydrogens (tertiary/aromatic N) is 2. The van der Waals surface area contributed by atoms with Crippen LogP contribution < -0.4 is 19.5 Å². The third-order valence-electron chi connectivity index (χ3n) is 6.61. The van der Waals surface area contributed by atoms with Crippen molar-refractivity contribution in [2.24, 2.45) is 4.99 Å². The van der Waals surface area contributed by atoms with E-state index in [0.717, 1.165) is 22.0 Å². The van der Waals surface area contributed by atoms with Crippen LogP contribution in [0.1, 0.15) is 24.5 Å². The number of carbonyl (C=O) groups excluding carboxylic acids is 1. The van der Waals surface area contributed by atoms with E-state index in [1.807, 2.05) is 0 Å². The van der Waals surface area contributed by atoms with Crippen LogP contribution in [0.15, 0.2) is 58.4 Å². The Hall–Kier alpha value is -2.87. The number of ketones is 1. The summed E-state index contributed by atoms with van der Waals surface area (Å²) in [6.45, 7) is 2.23. The number of hydrogen-bond acceptors (Lipinski definition) is 9. The van der Waals surface area contributed by atoms with Gasteiger partial charge in [0.1, 0.15) is 39.5 Å². The number of ether oxygens (including phenoxy) is 3. The lowest BCUT2D eigenvalue weighted by molar-refractivity contribution is -0.116. The number of benzene rings is 3. The molecule has 44 heavy (non-hydrogen) atoms. The third kappa shape index (κ3) is 8.43. The second-order valence-corrected chi connectivity index (χ2v) is 13.6. The van der Waals surface area contributed by atoms with Crippen molar-refractivity contribution in [2.45, 2.75) is 36.7 Å². The second-order valence-electron chi connectivity index (χ2n) is 9.77. The molecule has 236 valence electrons. The third-order valence-corrected chi connectivity index (χ3v) is 10.1. The first-order chi connectivity index (χ1) is 21.0. The number of nitrogens with one attached hydrogen (secondary N) is 1. The predicted octanol–water partition coefficient (Wildman–Crippen LogP) is 6.35. The van der Waals surface area contributed by atoms with E-state index >= 15 is 4.39 Å². The lowest BCUT2D eigenvalue weighted by atomic mass is 10.1. The Morgan fingerprint density at radius 2 is 1.86 bits per heavy atom. The van der Waals surface area contributed by atoms with Gasteiger partial charge in [-0.25, -0.2) is 12.8 Å². The van der Waals surface area contributed by atoms with E-state index in [0.29, 0.717) is 53.0 Å². The van der Waals surface area contributed by atoms with Gasteiger partial charge < -0.3 is 19.5 Å². The average molecular weight is 685 g/mol. The van der Waals surface area contributed by atoms with Crippen molar-refractivity contribution in [3.05, 3.63) is 75.5 Å². The topological polar surface area (TPSA) is 107 Å². The molecule has 0 aromatic heterocycles. The molecule has 1 aliphatic heterocycles. The number of aryl methyl sites for hydroxylation is 1. The van der Waals surface area contributed by atoms with Gasteiger partial charge in [-0.2, -0.15) is 4.31 Å². The minimum Gasteiger partial charge on any atom is -0.497 e. The molecule has 0 radical (unpaired) electrons. The number of carbonyl (C=O) groups is 1. The zero-order valence-corrected chi connectivity index (χ0v) is 27.5. The fraction of sp³-hybridized carbons (Fsp3) is 0.333. The molecule has 1 unspecified atom stereocenters. The van der Waals surface area contributed by atoms with Gasteiger partial charge in [0.25, 0.3) is 0 Å². The Morgan fingerprint density at radius 1 is 1.07 bits per heavy atom. The molecule has 14 heteroatoms. The van der Waals surface area contributed by atoms with Crippen molar-refractivity contribution in [3.63, 3.8) is 0 Å². The van der Waals surface area contributed by atoms with Crippen LogP contribution in [0, 0.1) is 5.82 Å². The highest BCUT2D eigenvalue weighted by Crippen LogP contribution is 2.39. The molecule has 0 bridgehead atoms. The first kappa shape index (κ1) is 34.0. The molecule has 0 saturated heterocycles. The molecule has 0 amide bonds. The summed E-state index contributed by atoms with van der Waals surface area (Å²) in [5, 5.41) is 3.45. The fourth-order valence-electron chi connectivity index (χ4n) is 4.44. The maximum atomic E-state index is 15.7. The highest BCUT2D eigenvalue weighted by Gasteiger charge is 2.36. The highest BCUT2D eigenvalue weighted by molar-refractivity contribution is 8.01. The number of methoxy groups -OCH3 is 2. The second kappa shape index (κ2) is 15.4. The molecule has 0 saturated carbocycles. The average Bonchev–Trinajstić information content (AvgIpc) is 3.52. The van der Waals surface area contributed by atoms with Crippen molar-refractivity contribution in [2.75, 3.05) is 33.1 Å². The summed E-state index contributed by atoms with van der Waals surface area (Å²) in [5.41, 5.74) is 0.464. The van der Waals surface area contributed by atoms with Crippen LogP contribution >= 0.6 is 35.0 Å². The van der Waals surface area contributed by atoms with E-state index in [2.05, 4.69) is 10.3 Å². The first-order valence-electron chi connectivity index (χ1n) is 13.5. The van der Waals surface area contributed by atoms with Crippen LogP contribution in [0.5, 0.6) is 23.0 Å². The number of thioether (sulfide) groups is 1. The van der Waals surface area contributed by atoms with Gasteiger partial charge in [0, 0.05) is 41.2 Å². The molecule has 1 aliphatic rings. The molecule has 0 spiro atoms. The van der Waals surface area contributed by atoms with Gasteiger partial charge in [-0.05, 0) is 62.2 Å². The molecule has 4 rings (SSSR count). The van der Waals surface area contributed by atoms with Crippen LogP contribution in [0.3, 0.4) is 0 Å². The molecular weight excluding hydrogens is 652 g/mol. The maximum Gasteiger partial charge on any atom is 0.248 e. The van der Waals surface area contributed by atoms with Crippen molar-refractivity contribution < 1.29 is 31.8 Å². The van der Waals surface area contributed by atoms with Crippen molar-refractivity contribution >= 4 is 57.0 Å². The lowest BCUT2D eigenvalue weighted by Gasteiger charge is -2.27. The number of sulfonamides is 1. The lowest BCUT2D eigenvalue weighted by Crippen LogP contribution is -2.36. The minimum absolute atomic E-state index is 0.0391. The maximum absolute atomic E-state index is 15.7. The number of rotatable bonds is 15. The smallest absolute Gasteiger partial charge is 0.248 e. The molecule has 1 N–H and O–H groups in total. The largest absolute Gasteiger partial charge is 0.497 e. The SMILES string of the molecule is COc1ccc(CN(C2N=CCS2)S(=O)(=O)c2cc(Cl)c(Oc3ccc(Cl)cc3CCCNCC(C)=O)cc2F)c(OC)c1. The Bertz CT molecular complexity index is 1640. The number of Topliss-reactive ketones (excluding diaryl/α,β-unsaturated/α-hetero) is 1. The summed E-state index contributed by atoms with van der Waals surface area (Å²) in [6, 6.07) is 12.0. The summed E-state index contributed by atoms with van der Waals surface area (Å²) >= 11 is 14.0. The van der Waals surface area contributed by atoms with Crippen LogP contribution in [0.25, 0.3) is 0 Å². The van der Waals surface area contributed by atoms with Gasteiger partial charge in [0.2, 0.25) is 10.0 Å². The fourth-order valence-corrected chi connectivity index (χ4v) is 7.60. The zero-order chi connectivity index (χ0) is 31.9. The van der Waals surface area contributed by atoms with E-state index in [4.69, 9.17) is 37.4 Å². The Kier molecular flexibility index (Phi) is 11.9. The minimum atomic E-state index is -4.46. The van der Waals surface area contributed by atoms with Gasteiger partial charge in [0.05, 0.1) is 25.8 Å². The van der Waals surface area contributed by atoms with Crippen LogP contribution in [-0.4, -0.2) is 63.3 Å². The molecule has 3 aromatic rings. The predicted molar refractivity (Wildman–Crippen MR) is 172 cm³/mol. The van der Waals surface area contributed by atoms with Crippen molar-refractivity contribution in [1.82, 2.24) is 9.62 Å². The number of aliphatic imine (C=N–C) groups is 1. The molecule has 1 atom stereocenters. The summed E-state index contributed by atoms with van der Waals surface area (Å²) in [4.78, 5) is 14.9. The van der Waals surface area contributed by atoms with Crippen LogP contribution in [0.2, 0.25) is 10.0 Å². The molecule has 9 nitrogen and oxygen atoms in total. The van der Waals surface area contributed by atoms with Gasteiger partial charge in [-0.3, -0.25) is 9.79 Å². The Labute approximate surface area is 270 Å². The van der Waals surface area contributed by atoms with E-state index in [9.17, 15) is 13.2 Å². The Balaban J connectivity index is 1.61. The summed E-state index contributed by atoms with van der Waals surface area (Å²) in [7, 11) is -1.47. The van der Waals surface area contributed by atoms with Gasteiger partial charge in [-0.15, -0.1) is 11.8 Å².